The van der Waals surface area contributed by atoms with E-state index in [0.29, 0.717) is 16.6 Å². The molecule has 0 aliphatic rings. The van der Waals surface area contributed by atoms with Crippen molar-refractivity contribution < 1.29 is 9.59 Å². The molecule has 2 amide bonds. The molecule has 0 spiro atoms. The topological polar surface area (TPSA) is 100 Å². The lowest BCUT2D eigenvalue weighted by Gasteiger charge is -2.05. The van der Waals surface area contributed by atoms with Crippen molar-refractivity contribution in [2.75, 3.05) is 37.8 Å². The molecule has 0 aliphatic heterocycles. The zero-order valence-corrected chi connectivity index (χ0v) is 12.8. The van der Waals surface area contributed by atoms with Gasteiger partial charge in [0, 0.05) is 33.6 Å². The molecule has 0 saturated heterocycles. The Hall–Kier alpha value is -1.83. The van der Waals surface area contributed by atoms with Crippen LogP contribution >= 0.6 is 11.3 Å². The fourth-order valence-electron chi connectivity index (χ4n) is 1.40. The molecular formula is C12H21N5O2S. The quantitative estimate of drug-likeness (QED) is 0.678. The molecule has 0 unspecified atom stereocenters. The molecule has 0 fully saturated rings. The van der Waals surface area contributed by atoms with Crippen LogP contribution < -0.4 is 21.3 Å². The van der Waals surface area contributed by atoms with Gasteiger partial charge in [-0.25, -0.2) is 4.98 Å². The van der Waals surface area contributed by atoms with Crippen molar-refractivity contribution in [3.05, 3.63) is 4.88 Å². The summed E-state index contributed by atoms with van der Waals surface area (Å²) in [5.74, 6) is -0.151. The summed E-state index contributed by atoms with van der Waals surface area (Å²) in [6, 6.07) is 0. The van der Waals surface area contributed by atoms with Gasteiger partial charge in [0.2, 0.25) is 5.91 Å². The summed E-state index contributed by atoms with van der Waals surface area (Å²) >= 11 is 1.23. The van der Waals surface area contributed by atoms with Gasteiger partial charge in [-0.05, 0) is 6.42 Å². The molecule has 0 aliphatic carbocycles. The first-order valence-corrected chi connectivity index (χ1v) is 7.25. The number of aromatic nitrogens is 1. The van der Waals surface area contributed by atoms with Crippen LogP contribution in [0.25, 0.3) is 0 Å². The molecule has 0 radical (unpaired) electrons. The summed E-state index contributed by atoms with van der Waals surface area (Å²) in [6.07, 6.45) is 1.15. The minimum absolute atomic E-state index is 0.0709. The standard InChI is InChI=1S/C12H21N5O2S/c1-4-6-14-8(18)5-7-15-11(19)9-10(13)16-12(20-9)17(2)3/h4-7,13H2,1-3H3,(H,14,18)(H,15,19). The van der Waals surface area contributed by atoms with Gasteiger partial charge in [0.05, 0.1) is 0 Å². The average molecular weight is 299 g/mol. The number of nitrogens with one attached hydrogen (secondary N) is 2. The van der Waals surface area contributed by atoms with E-state index < -0.39 is 0 Å². The predicted octanol–water partition coefficient (Wildman–Crippen LogP) is 0.437. The van der Waals surface area contributed by atoms with Gasteiger partial charge in [-0.3, -0.25) is 9.59 Å². The molecule has 112 valence electrons. The maximum atomic E-state index is 11.9. The molecular weight excluding hydrogens is 278 g/mol. The maximum absolute atomic E-state index is 11.9. The van der Waals surface area contributed by atoms with Crippen molar-refractivity contribution in [3.63, 3.8) is 0 Å². The summed E-state index contributed by atoms with van der Waals surface area (Å²) in [6.45, 7) is 2.92. The molecule has 7 nitrogen and oxygen atoms in total. The average Bonchev–Trinajstić information content (AvgIpc) is 2.78. The van der Waals surface area contributed by atoms with Gasteiger partial charge in [-0.15, -0.1) is 0 Å². The Morgan fingerprint density at radius 1 is 1.30 bits per heavy atom. The molecule has 0 saturated carbocycles. The van der Waals surface area contributed by atoms with Crippen LogP contribution in [0, 0.1) is 0 Å². The van der Waals surface area contributed by atoms with Crippen LogP contribution in [0.4, 0.5) is 10.9 Å². The van der Waals surface area contributed by atoms with Crippen molar-refractivity contribution >= 4 is 34.1 Å². The van der Waals surface area contributed by atoms with E-state index in [-0.39, 0.29) is 30.6 Å². The van der Waals surface area contributed by atoms with Crippen LogP contribution in [0.3, 0.4) is 0 Å². The zero-order valence-electron chi connectivity index (χ0n) is 12.0. The number of hydrogen-bond acceptors (Lipinski definition) is 6. The van der Waals surface area contributed by atoms with Crippen molar-refractivity contribution in [1.29, 1.82) is 0 Å². The van der Waals surface area contributed by atoms with E-state index in [1.807, 2.05) is 21.0 Å². The van der Waals surface area contributed by atoms with Gasteiger partial charge in [-0.1, -0.05) is 18.3 Å². The van der Waals surface area contributed by atoms with E-state index >= 15 is 0 Å². The lowest BCUT2D eigenvalue weighted by atomic mass is 10.3. The second kappa shape index (κ2) is 7.68. The Morgan fingerprint density at radius 2 is 2.00 bits per heavy atom. The van der Waals surface area contributed by atoms with Gasteiger partial charge < -0.3 is 21.3 Å². The molecule has 0 aromatic carbocycles. The molecule has 0 atom stereocenters. The summed E-state index contributed by atoms with van der Waals surface area (Å²) in [5, 5.41) is 6.09. The highest BCUT2D eigenvalue weighted by atomic mass is 32.1. The van der Waals surface area contributed by atoms with Crippen LogP contribution in [0.2, 0.25) is 0 Å². The maximum Gasteiger partial charge on any atom is 0.265 e. The second-order valence-electron chi connectivity index (χ2n) is 4.46. The number of amides is 2. The molecule has 20 heavy (non-hydrogen) atoms. The molecule has 1 heterocycles. The number of carbonyl (C=O) groups excluding carboxylic acids is 2. The molecule has 8 heteroatoms. The third-order valence-electron chi connectivity index (χ3n) is 2.44. The van der Waals surface area contributed by atoms with Crippen molar-refractivity contribution in [3.8, 4) is 0 Å². The van der Waals surface area contributed by atoms with E-state index in [1.54, 1.807) is 4.90 Å². The summed E-state index contributed by atoms with van der Waals surface area (Å²) in [5.41, 5.74) is 5.71. The van der Waals surface area contributed by atoms with Gasteiger partial charge in [0.15, 0.2) is 5.13 Å². The third-order valence-corrected chi connectivity index (χ3v) is 3.68. The van der Waals surface area contributed by atoms with E-state index in [2.05, 4.69) is 15.6 Å². The number of rotatable bonds is 7. The number of nitrogen functional groups attached to an aromatic ring is 1. The number of nitrogens with two attached hydrogens (primary N) is 1. The fourth-order valence-corrected chi connectivity index (χ4v) is 2.22. The molecule has 0 bridgehead atoms. The summed E-state index contributed by atoms with van der Waals surface area (Å²) < 4.78 is 0. The Morgan fingerprint density at radius 3 is 2.55 bits per heavy atom. The first-order valence-electron chi connectivity index (χ1n) is 6.44. The normalized spacial score (nSPS) is 10.2. The monoisotopic (exact) mass is 299 g/mol. The van der Waals surface area contributed by atoms with E-state index in [4.69, 9.17) is 5.73 Å². The minimum Gasteiger partial charge on any atom is -0.382 e. The number of carbonyl (C=O) groups is 2. The number of hydrogen-bond donors (Lipinski definition) is 3. The zero-order chi connectivity index (χ0) is 15.1. The second-order valence-corrected chi connectivity index (χ2v) is 5.44. The number of anilines is 2. The third kappa shape index (κ3) is 4.69. The van der Waals surface area contributed by atoms with Crippen molar-refractivity contribution in [2.24, 2.45) is 0 Å². The van der Waals surface area contributed by atoms with Crippen LogP contribution in [-0.2, 0) is 4.79 Å². The summed E-state index contributed by atoms with van der Waals surface area (Å²) in [7, 11) is 3.66. The highest BCUT2D eigenvalue weighted by Gasteiger charge is 2.16. The Bertz CT molecular complexity index is 472. The molecule has 1 rings (SSSR count). The Labute approximate surface area is 122 Å². The first-order chi connectivity index (χ1) is 9.45. The highest BCUT2D eigenvalue weighted by molar-refractivity contribution is 7.18. The van der Waals surface area contributed by atoms with E-state index in [0.717, 1.165) is 6.42 Å². The van der Waals surface area contributed by atoms with E-state index in [1.165, 1.54) is 11.3 Å². The predicted molar refractivity (Wildman–Crippen MR) is 81.1 cm³/mol. The highest BCUT2D eigenvalue weighted by Crippen LogP contribution is 2.26. The van der Waals surface area contributed by atoms with Gasteiger partial charge in [0.25, 0.3) is 5.91 Å². The minimum atomic E-state index is -0.295. The van der Waals surface area contributed by atoms with Crippen LogP contribution in [0.15, 0.2) is 0 Å². The Balaban J connectivity index is 2.45. The molecule has 1 aromatic heterocycles. The molecule has 4 N–H and O–H groups in total. The van der Waals surface area contributed by atoms with Gasteiger partial charge >= 0.3 is 0 Å². The first kappa shape index (κ1) is 16.2. The van der Waals surface area contributed by atoms with Gasteiger partial charge in [-0.2, -0.15) is 0 Å². The largest absolute Gasteiger partial charge is 0.382 e. The SMILES string of the molecule is CCCNC(=O)CCNC(=O)c1sc(N(C)C)nc1N. The number of thiazole rings is 1. The smallest absolute Gasteiger partial charge is 0.265 e. The van der Waals surface area contributed by atoms with Crippen LogP contribution in [-0.4, -0.2) is 44.0 Å². The fraction of sp³-hybridized carbons (Fsp3) is 0.583. The Kier molecular flexibility index (Phi) is 6.23. The van der Waals surface area contributed by atoms with Crippen LogP contribution in [0.5, 0.6) is 0 Å². The van der Waals surface area contributed by atoms with Crippen LogP contribution in [0.1, 0.15) is 29.4 Å². The van der Waals surface area contributed by atoms with E-state index in [9.17, 15) is 9.59 Å². The van der Waals surface area contributed by atoms with Crippen molar-refractivity contribution in [1.82, 2.24) is 15.6 Å². The van der Waals surface area contributed by atoms with Crippen molar-refractivity contribution in [2.45, 2.75) is 19.8 Å². The van der Waals surface area contributed by atoms with Gasteiger partial charge in [0.1, 0.15) is 10.7 Å². The molecule has 1 aromatic rings. The lowest BCUT2D eigenvalue weighted by Crippen LogP contribution is -2.31. The number of nitrogens with zero attached hydrogens (tertiary/aromatic N) is 2. The lowest BCUT2D eigenvalue weighted by molar-refractivity contribution is -0.120. The summed E-state index contributed by atoms with van der Waals surface area (Å²) in [4.78, 5) is 29.6.